The number of thioether (sulfide) groups is 1. The molecule has 0 unspecified atom stereocenters. The van der Waals surface area contributed by atoms with Crippen LogP contribution in [-0.4, -0.2) is 34.8 Å². The highest BCUT2D eigenvalue weighted by molar-refractivity contribution is 7.98. The summed E-state index contributed by atoms with van der Waals surface area (Å²) in [7, 11) is 1.58. The van der Waals surface area contributed by atoms with Crippen molar-refractivity contribution in [3.8, 4) is 11.5 Å². The van der Waals surface area contributed by atoms with Crippen LogP contribution in [0.2, 0.25) is 0 Å². The topological polar surface area (TPSA) is 60.0 Å². The third-order valence-electron chi connectivity index (χ3n) is 3.24. The molecule has 25 heavy (non-hydrogen) atoms. The lowest BCUT2D eigenvalue weighted by atomic mass is 10.3. The number of nitrogens with one attached hydrogen (secondary N) is 1. The Bertz CT molecular complexity index is 873. The predicted molar refractivity (Wildman–Crippen MR) is 88.0 cm³/mol. The zero-order chi connectivity index (χ0) is 17.9. The minimum Gasteiger partial charge on any atom is -0.497 e. The van der Waals surface area contributed by atoms with E-state index in [1.54, 1.807) is 25.4 Å². The van der Waals surface area contributed by atoms with Crippen LogP contribution in [0.25, 0.3) is 11.0 Å². The summed E-state index contributed by atoms with van der Waals surface area (Å²) in [4.78, 5) is 11.6. The lowest BCUT2D eigenvalue weighted by Crippen LogP contribution is -2.26. The second kappa shape index (κ2) is 7.22. The van der Waals surface area contributed by atoms with E-state index >= 15 is 0 Å². The van der Waals surface area contributed by atoms with Crippen LogP contribution >= 0.6 is 11.8 Å². The summed E-state index contributed by atoms with van der Waals surface area (Å²) >= 11 is 1.41. The van der Waals surface area contributed by atoms with Crippen LogP contribution in [-0.2, 0) is 5.75 Å². The van der Waals surface area contributed by atoms with Gasteiger partial charge in [-0.05, 0) is 18.2 Å². The summed E-state index contributed by atoms with van der Waals surface area (Å²) in [5, 5.41) is 0.606. The van der Waals surface area contributed by atoms with Crippen LogP contribution in [0.4, 0.5) is 13.2 Å². The Kier molecular flexibility index (Phi) is 5.03. The number of aromatic nitrogens is 3. The van der Waals surface area contributed by atoms with Crippen molar-refractivity contribution in [2.24, 2.45) is 0 Å². The summed E-state index contributed by atoms with van der Waals surface area (Å²) in [5.41, 5.74) is 1.93. The Morgan fingerprint density at radius 1 is 1.20 bits per heavy atom. The SMILES string of the molecule is COc1ccnc(CSc2nc3cc(OC(F)(F)CF)ccc3[nH]2)c1. The van der Waals surface area contributed by atoms with Crippen molar-refractivity contribution in [3.63, 3.8) is 0 Å². The molecule has 1 aromatic carbocycles. The van der Waals surface area contributed by atoms with Crippen LogP contribution in [0.5, 0.6) is 11.5 Å². The molecule has 0 atom stereocenters. The number of ether oxygens (including phenoxy) is 2. The molecule has 1 N–H and O–H groups in total. The number of pyridine rings is 1. The first kappa shape index (κ1) is 17.4. The highest BCUT2D eigenvalue weighted by Crippen LogP contribution is 2.28. The van der Waals surface area contributed by atoms with E-state index in [1.165, 1.54) is 23.9 Å². The highest BCUT2D eigenvalue weighted by Gasteiger charge is 2.31. The number of aromatic amines is 1. The summed E-state index contributed by atoms with van der Waals surface area (Å²) in [6.45, 7) is -1.89. The molecule has 0 radical (unpaired) electrons. The van der Waals surface area contributed by atoms with Gasteiger partial charge in [0, 0.05) is 24.1 Å². The summed E-state index contributed by atoms with van der Waals surface area (Å²) in [5.74, 6) is 1.12. The molecule has 3 rings (SSSR count). The molecule has 0 saturated carbocycles. The molecule has 0 fully saturated rings. The molecule has 0 spiro atoms. The van der Waals surface area contributed by atoms with Gasteiger partial charge in [0.15, 0.2) is 11.8 Å². The molecule has 3 aromatic rings. The van der Waals surface area contributed by atoms with Gasteiger partial charge in [-0.25, -0.2) is 9.37 Å². The number of nitrogens with zero attached hydrogens (tertiary/aromatic N) is 2. The fraction of sp³-hybridized carbons (Fsp3) is 0.250. The van der Waals surface area contributed by atoms with Gasteiger partial charge in [0.25, 0.3) is 0 Å². The number of imidazole rings is 1. The van der Waals surface area contributed by atoms with Gasteiger partial charge in [-0.2, -0.15) is 8.78 Å². The number of hydrogen-bond donors (Lipinski definition) is 1. The van der Waals surface area contributed by atoms with Gasteiger partial charge in [0.1, 0.15) is 11.5 Å². The molecule has 0 bridgehead atoms. The zero-order valence-corrected chi connectivity index (χ0v) is 13.9. The number of benzene rings is 1. The second-order valence-corrected chi connectivity index (χ2v) is 6.03. The molecule has 0 aliphatic rings. The van der Waals surface area contributed by atoms with Crippen molar-refractivity contribution in [1.29, 1.82) is 0 Å². The first-order chi connectivity index (χ1) is 12.0. The second-order valence-electron chi connectivity index (χ2n) is 5.07. The smallest absolute Gasteiger partial charge is 0.427 e. The molecule has 2 heterocycles. The normalized spacial score (nSPS) is 11.7. The van der Waals surface area contributed by atoms with Crippen LogP contribution < -0.4 is 9.47 Å². The maximum atomic E-state index is 13.0. The molecule has 0 aliphatic heterocycles. The first-order valence-electron chi connectivity index (χ1n) is 7.23. The molecule has 9 heteroatoms. The number of rotatable bonds is 7. The average molecular weight is 369 g/mol. The Morgan fingerprint density at radius 2 is 2.04 bits per heavy atom. The summed E-state index contributed by atoms with van der Waals surface area (Å²) in [6, 6.07) is 7.80. The largest absolute Gasteiger partial charge is 0.497 e. The minimum absolute atomic E-state index is 0.146. The maximum absolute atomic E-state index is 13.0. The van der Waals surface area contributed by atoms with E-state index in [9.17, 15) is 13.2 Å². The van der Waals surface area contributed by atoms with E-state index < -0.39 is 12.8 Å². The third kappa shape index (κ3) is 4.36. The quantitative estimate of drug-likeness (QED) is 0.633. The van der Waals surface area contributed by atoms with Gasteiger partial charge in [-0.15, -0.1) is 0 Å². The van der Waals surface area contributed by atoms with Gasteiger partial charge in [-0.1, -0.05) is 11.8 Å². The minimum atomic E-state index is -3.85. The Labute approximate surface area is 145 Å². The van der Waals surface area contributed by atoms with Crippen LogP contribution in [0.1, 0.15) is 5.69 Å². The number of fused-ring (bicyclic) bond motifs is 1. The summed E-state index contributed by atoms with van der Waals surface area (Å²) in [6.07, 6.45) is -2.19. The Hall–Kier alpha value is -2.42. The number of methoxy groups -OCH3 is 1. The highest BCUT2D eigenvalue weighted by atomic mass is 32.2. The van der Waals surface area contributed by atoms with Crippen LogP contribution in [0.3, 0.4) is 0 Å². The maximum Gasteiger partial charge on any atom is 0.427 e. The Balaban J connectivity index is 1.72. The number of H-pyrrole nitrogens is 1. The van der Waals surface area contributed by atoms with Gasteiger partial charge in [0.2, 0.25) is 0 Å². The van der Waals surface area contributed by atoms with Gasteiger partial charge < -0.3 is 14.5 Å². The van der Waals surface area contributed by atoms with Gasteiger partial charge in [0.05, 0.1) is 23.8 Å². The van der Waals surface area contributed by atoms with E-state index in [-0.39, 0.29) is 5.75 Å². The van der Waals surface area contributed by atoms with Crippen molar-refractivity contribution in [2.75, 3.05) is 13.8 Å². The van der Waals surface area contributed by atoms with Crippen molar-refractivity contribution in [1.82, 2.24) is 15.0 Å². The molecule has 5 nitrogen and oxygen atoms in total. The van der Waals surface area contributed by atoms with Crippen LogP contribution in [0.15, 0.2) is 41.7 Å². The van der Waals surface area contributed by atoms with Crippen molar-refractivity contribution in [2.45, 2.75) is 17.0 Å². The Morgan fingerprint density at radius 3 is 2.80 bits per heavy atom. The van der Waals surface area contributed by atoms with Crippen molar-refractivity contribution < 1.29 is 22.6 Å². The molecular weight excluding hydrogens is 355 g/mol. The molecule has 2 aromatic heterocycles. The fourth-order valence-corrected chi connectivity index (χ4v) is 2.89. The molecule has 0 saturated heterocycles. The van der Waals surface area contributed by atoms with E-state index in [0.717, 1.165) is 5.69 Å². The third-order valence-corrected chi connectivity index (χ3v) is 4.14. The lowest BCUT2D eigenvalue weighted by Gasteiger charge is -2.13. The standard InChI is InChI=1S/C16H14F3N3O2S/c1-23-11-4-5-20-10(6-11)8-25-15-21-13-3-2-12(7-14(13)22-15)24-16(18,19)9-17/h2-7H,8-9H2,1H3,(H,21,22). The van der Waals surface area contributed by atoms with E-state index in [0.29, 0.717) is 27.7 Å². The average Bonchev–Trinajstić information content (AvgIpc) is 3.02. The number of halogens is 3. The van der Waals surface area contributed by atoms with E-state index in [2.05, 4.69) is 19.7 Å². The lowest BCUT2D eigenvalue weighted by molar-refractivity contribution is -0.186. The number of hydrogen-bond acceptors (Lipinski definition) is 5. The monoisotopic (exact) mass is 369 g/mol. The number of alkyl halides is 3. The van der Waals surface area contributed by atoms with Gasteiger partial charge >= 0.3 is 6.11 Å². The van der Waals surface area contributed by atoms with Gasteiger partial charge in [-0.3, -0.25) is 4.98 Å². The van der Waals surface area contributed by atoms with E-state index in [1.807, 2.05) is 6.07 Å². The van der Waals surface area contributed by atoms with Crippen molar-refractivity contribution >= 4 is 22.8 Å². The fourth-order valence-electron chi connectivity index (χ4n) is 2.10. The zero-order valence-electron chi connectivity index (χ0n) is 13.1. The molecular formula is C16H14F3N3O2S. The predicted octanol–water partition coefficient (Wildman–Crippen LogP) is 4.20. The van der Waals surface area contributed by atoms with Crippen molar-refractivity contribution in [3.05, 3.63) is 42.2 Å². The molecule has 0 aliphatic carbocycles. The van der Waals surface area contributed by atoms with E-state index in [4.69, 9.17) is 4.74 Å². The molecule has 132 valence electrons. The van der Waals surface area contributed by atoms with Crippen LogP contribution in [0, 0.1) is 0 Å². The molecule has 0 amide bonds. The first-order valence-corrected chi connectivity index (χ1v) is 8.22. The summed E-state index contributed by atoms with van der Waals surface area (Å²) < 4.78 is 47.6.